The number of imide groups is 1. The van der Waals surface area contributed by atoms with Crippen LogP contribution in [0.2, 0.25) is 0 Å². The van der Waals surface area contributed by atoms with Gasteiger partial charge in [0.25, 0.3) is 0 Å². The highest BCUT2D eigenvalue weighted by atomic mass is 16.4. The molecule has 5 unspecified atom stereocenters. The van der Waals surface area contributed by atoms with Crippen molar-refractivity contribution in [3.63, 3.8) is 0 Å². The van der Waals surface area contributed by atoms with Crippen molar-refractivity contribution in [2.45, 2.75) is 75.7 Å². The molecule has 0 aromatic heterocycles. The summed E-state index contributed by atoms with van der Waals surface area (Å²) in [7, 11) is 2.79. The summed E-state index contributed by atoms with van der Waals surface area (Å²) in [5.41, 5.74) is 5.71. The molecule has 1 heterocycles. The number of carbonyl (C=O) groups excluding carboxylic acids is 7. The van der Waals surface area contributed by atoms with Gasteiger partial charge in [-0.3, -0.25) is 48.1 Å². The second-order valence-electron chi connectivity index (χ2n) is 11.7. The molecule has 0 aromatic rings. The first kappa shape index (κ1) is 43.8. The van der Waals surface area contributed by atoms with E-state index in [1.54, 1.807) is 6.92 Å². The van der Waals surface area contributed by atoms with E-state index in [9.17, 15) is 58.2 Å². The average molecular weight is 730 g/mol. The highest BCUT2D eigenvalue weighted by molar-refractivity contribution is 6.02. The molecule has 0 bridgehead atoms. The van der Waals surface area contributed by atoms with Gasteiger partial charge in [-0.2, -0.15) is 0 Å². The van der Waals surface area contributed by atoms with Gasteiger partial charge in [-0.05, 0) is 32.9 Å². The summed E-state index contributed by atoms with van der Waals surface area (Å²) in [6, 6.07) is -7.44. The van der Waals surface area contributed by atoms with E-state index in [1.165, 1.54) is 14.1 Å². The van der Waals surface area contributed by atoms with Crippen molar-refractivity contribution in [2.24, 2.45) is 11.7 Å². The number of carbonyl (C=O) groups is 10. The van der Waals surface area contributed by atoms with Crippen molar-refractivity contribution in [3.05, 3.63) is 0 Å². The molecule has 1 fully saturated rings. The number of nitrogens with zero attached hydrogens (tertiary/aromatic N) is 1. The fraction of sp³-hybridized carbons (Fsp3) is 0.655. The van der Waals surface area contributed by atoms with E-state index in [4.69, 9.17) is 10.8 Å². The molecule has 0 radical (unpaired) electrons. The van der Waals surface area contributed by atoms with E-state index in [1.807, 2.05) is 0 Å². The molecular weight excluding hydrogens is 682 g/mol. The predicted molar refractivity (Wildman–Crippen MR) is 173 cm³/mol. The largest absolute Gasteiger partial charge is 0.481 e. The van der Waals surface area contributed by atoms with Crippen LogP contribution >= 0.6 is 0 Å². The lowest BCUT2D eigenvalue weighted by Gasteiger charge is -2.33. The van der Waals surface area contributed by atoms with Crippen LogP contribution in [0.25, 0.3) is 0 Å². The van der Waals surface area contributed by atoms with Crippen LogP contribution in [0.4, 0.5) is 0 Å². The minimum Gasteiger partial charge on any atom is -0.481 e. The molecule has 22 nitrogen and oxygen atoms in total. The number of amides is 7. The lowest BCUT2D eigenvalue weighted by Crippen LogP contribution is -2.61. The summed E-state index contributed by atoms with van der Waals surface area (Å²) in [5, 5.41) is 44.1. The molecule has 1 aliphatic rings. The van der Waals surface area contributed by atoms with Gasteiger partial charge in [0.15, 0.2) is 0 Å². The minimum atomic E-state index is -1.72. The second-order valence-corrected chi connectivity index (χ2v) is 11.7. The van der Waals surface area contributed by atoms with Crippen LogP contribution in [0.3, 0.4) is 0 Å². The first-order valence-electron chi connectivity index (χ1n) is 15.9. The van der Waals surface area contributed by atoms with Gasteiger partial charge in [0, 0.05) is 45.3 Å². The number of rotatable bonds is 23. The molecule has 0 spiro atoms. The third kappa shape index (κ3) is 15.1. The molecule has 0 aromatic carbocycles. The molecule has 12 N–H and O–H groups in total. The maximum atomic E-state index is 13.4. The summed E-state index contributed by atoms with van der Waals surface area (Å²) in [4.78, 5) is 124. The quantitative estimate of drug-likeness (QED) is 0.0437. The van der Waals surface area contributed by atoms with Gasteiger partial charge >= 0.3 is 17.9 Å². The van der Waals surface area contributed by atoms with Crippen LogP contribution in [0.1, 0.15) is 45.4 Å². The van der Waals surface area contributed by atoms with Gasteiger partial charge in [0.05, 0.1) is 12.6 Å². The number of aliphatic carboxylic acids is 3. The van der Waals surface area contributed by atoms with Crippen LogP contribution in [0, 0.1) is 5.92 Å². The van der Waals surface area contributed by atoms with Crippen molar-refractivity contribution in [1.82, 2.24) is 42.1 Å². The Balaban J connectivity index is 3.12. The number of piperidine rings is 1. The summed E-state index contributed by atoms with van der Waals surface area (Å²) in [6.07, 6.45) is -1.72. The molecule has 0 aliphatic carbocycles. The van der Waals surface area contributed by atoms with Crippen molar-refractivity contribution in [2.75, 3.05) is 40.3 Å². The molecule has 22 heteroatoms. The van der Waals surface area contributed by atoms with E-state index < -0.39 is 128 Å². The monoisotopic (exact) mass is 729 g/mol. The van der Waals surface area contributed by atoms with Gasteiger partial charge in [-0.15, -0.1) is 0 Å². The molecule has 1 rings (SSSR count). The van der Waals surface area contributed by atoms with E-state index in [2.05, 4.69) is 37.2 Å². The summed E-state index contributed by atoms with van der Waals surface area (Å²) < 4.78 is 0. The summed E-state index contributed by atoms with van der Waals surface area (Å²) >= 11 is 0. The Morgan fingerprint density at radius 1 is 0.725 bits per heavy atom. The first-order valence-corrected chi connectivity index (χ1v) is 15.9. The number of hydrogen-bond acceptors (Lipinski definition) is 13. The van der Waals surface area contributed by atoms with Crippen LogP contribution in [0.15, 0.2) is 0 Å². The molecule has 5 atom stereocenters. The van der Waals surface area contributed by atoms with Crippen molar-refractivity contribution >= 4 is 59.3 Å². The molecule has 7 amide bonds. The van der Waals surface area contributed by atoms with Crippen LogP contribution in [0.5, 0.6) is 0 Å². The topological polar surface area (TPSA) is 345 Å². The minimum absolute atomic E-state index is 0.00324. The zero-order chi connectivity index (χ0) is 38.8. The van der Waals surface area contributed by atoms with Gasteiger partial charge in [0.2, 0.25) is 41.4 Å². The lowest BCUT2D eigenvalue weighted by molar-refractivity contribution is -0.156. The predicted octanol–water partition coefficient (Wildman–Crippen LogP) is -5.59. The van der Waals surface area contributed by atoms with Crippen molar-refractivity contribution in [1.29, 1.82) is 0 Å². The normalized spacial score (nSPS) is 16.1. The van der Waals surface area contributed by atoms with Gasteiger partial charge in [0.1, 0.15) is 24.2 Å². The highest BCUT2D eigenvalue weighted by Crippen LogP contribution is 2.20. The van der Waals surface area contributed by atoms with E-state index >= 15 is 0 Å². The maximum absolute atomic E-state index is 13.4. The molecular formula is C29H47N9O13. The number of likely N-dealkylation sites (tertiary alicyclic amines) is 1. The smallest absolute Gasteiger partial charge is 0.328 e. The Morgan fingerprint density at radius 3 is 1.71 bits per heavy atom. The third-order valence-corrected chi connectivity index (χ3v) is 7.58. The number of carboxylic acid groups (broad SMARTS) is 3. The second kappa shape index (κ2) is 21.8. The van der Waals surface area contributed by atoms with Gasteiger partial charge in [-0.1, -0.05) is 6.92 Å². The van der Waals surface area contributed by atoms with Crippen LogP contribution < -0.4 is 43.0 Å². The zero-order valence-corrected chi connectivity index (χ0v) is 28.5. The lowest BCUT2D eigenvalue weighted by atomic mass is 9.96. The maximum Gasteiger partial charge on any atom is 0.328 e. The van der Waals surface area contributed by atoms with Crippen LogP contribution in [-0.4, -0.2) is 150 Å². The van der Waals surface area contributed by atoms with Crippen LogP contribution in [-0.2, 0) is 47.9 Å². The fourth-order valence-electron chi connectivity index (χ4n) is 4.90. The fourth-order valence-corrected chi connectivity index (χ4v) is 4.90. The number of nitrogens with one attached hydrogen (secondary N) is 7. The molecule has 286 valence electrons. The standard InChI is InChI=1S/C29H47N9O13/c1-14-8-21(40)38(22(41)9-14)19(10-30)28(49)34-11-17(35-20(39)13-31-2)27(48)36-16(5-7-24(44)45)25(46)33-12-18(29(50)51)37-26(47)15(32-3)4-6-23(42)43/h14-19,31-32H,4-13,30H2,1-3H3,(H,33,46)(H,34,49)(H,35,39)(H,36,48)(H,37,47)(H,42,43)(H,44,45)(H,50,51). The summed E-state index contributed by atoms with van der Waals surface area (Å²) in [6.45, 7) is -0.402. The van der Waals surface area contributed by atoms with Gasteiger partial charge in [-0.25, -0.2) is 4.79 Å². The molecule has 1 aliphatic heterocycles. The SMILES string of the molecule is CNCC(=O)NC(CNC(=O)C(CN)N1C(=O)CC(C)CC1=O)C(=O)NC(CCC(=O)O)C(=O)NCC(NC(=O)C(CCC(=O)O)NC)C(=O)O. The van der Waals surface area contributed by atoms with E-state index in [0.717, 1.165) is 4.90 Å². The number of hydrogen-bond donors (Lipinski definition) is 11. The Kier molecular flexibility index (Phi) is 18.7. The molecule has 51 heavy (non-hydrogen) atoms. The Morgan fingerprint density at radius 2 is 1.22 bits per heavy atom. The Hall–Kier alpha value is -5.22. The molecule has 1 saturated heterocycles. The third-order valence-electron chi connectivity index (χ3n) is 7.58. The van der Waals surface area contributed by atoms with E-state index in [-0.39, 0.29) is 31.7 Å². The Labute approximate surface area is 292 Å². The Bertz CT molecular complexity index is 1310. The van der Waals surface area contributed by atoms with Gasteiger partial charge < -0.3 is 58.3 Å². The van der Waals surface area contributed by atoms with Crippen molar-refractivity contribution in [3.8, 4) is 0 Å². The van der Waals surface area contributed by atoms with E-state index in [0.29, 0.717) is 0 Å². The number of nitrogens with two attached hydrogens (primary N) is 1. The summed E-state index contributed by atoms with van der Waals surface area (Å²) in [5.74, 6) is -10.2. The number of carboxylic acids is 3. The molecule has 0 saturated carbocycles. The number of likely N-dealkylation sites (N-methyl/N-ethyl adjacent to an activating group) is 2. The first-order chi connectivity index (χ1) is 23.9. The van der Waals surface area contributed by atoms with Crippen molar-refractivity contribution < 1.29 is 63.3 Å². The zero-order valence-electron chi connectivity index (χ0n) is 28.5. The highest BCUT2D eigenvalue weighted by Gasteiger charge is 2.39. The average Bonchev–Trinajstić information content (AvgIpc) is 3.04.